The Labute approximate surface area is 124 Å². The molecule has 104 valence electrons. The lowest BCUT2D eigenvalue weighted by Crippen LogP contribution is -2.26. The fourth-order valence-corrected chi connectivity index (χ4v) is 3.77. The lowest BCUT2D eigenvalue weighted by atomic mass is 9.72. The molecule has 0 unspecified atom stereocenters. The van der Waals surface area contributed by atoms with Crippen molar-refractivity contribution in [2.75, 3.05) is 0 Å². The molecule has 0 radical (unpaired) electrons. The van der Waals surface area contributed by atoms with Gasteiger partial charge in [0, 0.05) is 13.0 Å². The summed E-state index contributed by atoms with van der Waals surface area (Å²) in [5.74, 6) is 0. The highest BCUT2D eigenvalue weighted by atomic mass is 79.9. The van der Waals surface area contributed by atoms with E-state index in [1.54, 1.807) is 0 Å². The van der Waals surface area contributed by atoms with Crippen LogP contribution in [-0.2, 0) is 19.4 Å². The van der Waals surface area contributed by atoms with Crippen LogP contribution in [0.5, 0.6) is 0 Å². The van der Waals surface area contributed by atoms with Gasteiger partial charge in [-0.3, -0.25) is 4.68 Å². The minimum Gasteiger partial charge on any atom is -0.268 e. The quantitative estimate of drug-likeness (QED) is 0.831. The van der Waals surface area contributed by atoms with E-state index in [0.717, 1.165) is 42.4 Å². The average molecular weight is 324 g/mol. The van der Waals surface area contributed by atoms with Gasteiger partial charge in [-0.05, 0) is 42.1 Å². The molecule has 1 heterocycles. The van der Waals surface area contributed by atoms with Crippen LogP contribution < -0.4 is 0 Å². The Kier molecular flexibility index (Phi) is 4.67. The Morgan fingerprint density at radius 3 is 2.53 bits per heavy atom. The Hall–Kier alpha value is -0.820. The smallest absolute Gasteiger partial charge is 0.0766 e. The molecule has 0 amide bonds. The van der Waals surface area contributed by atoms with Gasteiger partial charge in [-0.1, -0.05) is 26.2 Å². The highest BCUT2D eigenvalue weighted by Crippen LogP contribution is 2.40. The van der Waals surface area contributed by atoms with Crippen LogP contribution in [0.25, 0.3) is 0 Å². The molecular weight excluding hydrogens is 302 g/mol. The predicted molar refractivity (Wildman–Crippen MR) is 79.8 cm³/mol. The molecule has 0 bridgehead atoms. The van der Waals surface area contributed by atoms with Crippen LogP contribution in [0.1, 0.15) is 57.3 Å². The molecule has 0 saturated heterocycles. The number of nitriles is 1. The topological polar surface area (TPSA) is 41.6 Å². The van der Waals surface area contributed by atoms with Gasteiger partial charge in [-0.25, -0.2) is 0 Å². The second-order valence-corrected chi connectivity index (χ2v) is 6.30. The number of nitrogens with zero attached hydrogens (tertiary/aromatic N) is 3. The molecule has 3 nitrogen and oxygen atoms in total. The van der Waals surface area contributed by atoms with Crippen LogP contribution in [0, 0.1) is 16.7 Å². The fourth-order valence-electron chi connectivity index (χ4n) is 3.06. The molecule has 1 aromatic rings. The van der Waals surface area contributed by atoms with Gasteiger partial charge in [-0.15, -0.1) is 0 Å². The molecule has 1 saturated carbocycles. The highest BCUT2D eigenvalue weighted by Gasteiger charge is 2.34. The Morgan fingerprint density at radius 2 is 2.00 bits per heavy atom. The Balaban J connectivity index is 2.31. The summed E-state index contributed by atoms with van der Waals surface area (Å²) in [5, 5.41) is 14.3. The first-order chi connectivity index (χ1) is 9.15. The molecule has 0 spiro atoms. The molecular formula is C15H22BrN3. The van der Waals surface area contributed by atoms with E-state index in [1.807, 2.05) is 0 Å². The maximum absolute atomic E-state index is 9.63. The van der Waals surface area contributed by atoms with E-state index in [0.29, 0.717) is 0 Å². The van der Waals surface area contributed by atoms with E-state index in [4.69, 9.17) is 0 Å². The highest BCUT2D eigenvalue weighted by molar-refractivity contribution is 9.10. The van der Waals surface area contributed by atoms with Crippen LogP contribution in [-0.4, -0.2) is 9.78 Å². The second kappa shape index (κ2) is 6.09. The van der Waals surface area contributed by atoms with E-state index in [1.165, 1.54) is 25.0 Å². The van der Waals surface area contributed by atoms with Gasteiger partial charge in [0.25, 0.3) is 0 Å². The number of aryl methyl sites for hydroxylation is 2. The summed E-state index contributed by atoms with van der Waals surface area (Å²) in [6.07, 6.45) is 7.49. The summed E-state index contributed by atoms with van der Waals surface area (Å²) < 4.78 is 3.19. The summed E-state index contributed by atoms with van der Waals surface area (Å²) in [7, 11) is 0. The minimum atomic E-state index is -0.168. The summed E-state index contributed by atoms with van der Waals surface area (Å²) in [4.78, 5) is 0. The first-order valence-electron chi connectivity index (χ1n) is 7.31. The molecule has 0 N–H and O–H groups in total. The van der Waals surface area contributed by atoms with E-state index >= 15 is 0 Å². The van der Waals surface area contributed by atoms with Gasteiger partial charge in [0.2, 0.25) is 0 Å². The van der Waals surface area contributed by atoms with Crippen molar-refractivity contribution in [1.29, 1.82) is 5.26 Å². The van der Waals surface area contributed by atoms with Crippen molar-refractivity contribution in [2.45, 2.75) is 65.3 Å². The SMILES string of the molecule is CCc1nn(CC)c(CC2(C#N)CCCCC2)c1Br. The van der Waals surface area contributed by atoms with E-state index in [-0.39, 0.29) is 5.41 Å². The van der Waals surface area contributed by atoms with Crippen LogP contribution in [0.4, 0.5) is 0 Å². The zero-order chi connectivity index (χ0) is 13.9. The standard InChI is InChI=1S/C15H22BrN3/c1-3-12-14(16)13(19(4-2)18-12)10-15(11-17)8-6-5-7-9-15/h3-10H2,1-2H3. The molecule has 4 heteroatoms. The maximum Gasteiger partial charge on any atom is 0.0766 e. The predicted octanol–water partition coefficient (Wildman–Crippen LogP) is 4.24. The van der Waals surface area contributed by atoms with E-state index < -0.39 is 0 Å². The van der Waals surface area contributed by atoms with Crippen LogP contribution in [0.2, 0.25) is 0 Å². The van der Waals surface area contributed by atoms with E-state index in [2.05, 4.69) is 45.6 Å². The molecule has 0 atom stereocenters. The molecule has 1 aliphatic carbocycles. The lowest BCUT2D eigenvalue weighted by molar-refractivity contribution is 0.260. The average Bonchev–Trinajstić information content (AvgIpc) is 2.76. The van der Waals surface area contributed by atoms with Gasteiger partial charge >= 0.3 is 0 Å². The van der Waals surface area contributed by atoms with Gasteiger partial charge in [0.15, 0.2) is 0 Å². The van der Waals surface area contributed by atoms with Crippen molar-refractivity contribution < 1.29 is 0 Å². The lowest BCUT2D eigenvalue weighted by Gasteiger charge is -2.30. The molecule has 19 heavy (non-hydrogen) atoms. The second-order valence-electron chi connectivity index (χ2n) is 5.51. The summed E-state index contributed by atoms with van der Waals surface area (Å²) in [6, 6.07) is 2.61. The third-order valence-corrected chi connectivity index (χ3v) is 5.16. The van der Waals surface area contributed by atoms with Crippen molar-refractivity contribution in [1.82, 2.24) is 9.78 Å². The van der Waals surface area contributed by atoms with Crippen LogP contribution >= 0.6 is 15.9 Å². The first-order valence-corrected chi connectivity index (χ1v) is 8.10. The van der Waals surface area contributed by atoms with Gasteiger partial charge in [-0.2, -0.15) is 10.4 Å². The van der Waals surface area contributed by atoms with Gasteiger partial charge < -0.3 is 0 Å². The zero-order valence-corrected chi connectivity index (χ0v) is 13.5. The van der Waals surface area contributed by atoms with Crippen LogP contribution in [0.3, 0.4) is 0 Å². The number of hydrogen-bond donors (Lipinski definition) is 0. The third-order valence-electron chi connectivity index (χ3n) is 4.25. The normalized spacial score (nSPS) is 18.2. The number of aromatic nitrogens is 2. The Bertz CT molecular complexity index is 478. The summed E-state index contributed by atoms with van der Waals surface area (Å²) in [5.41, 5.74) is 2.15. The maximum atomic E-state index is 9.63. The van der Waals surface area contributed by atoms with Crippen molar-refractivity contribution in [2.24, 2.45) is 5.41 Å². The fraction of sp³-hybridized carbons (Fsp3) is 0.733. The molecule has 0 aromatic carbocycles. The molecule has 1 aliphatic rings. The minimum absolute atomic E-state index is 0.168. The first kappa shape index (κ1) is 14.6. The van der Waals surface area contributed by atoms with Crippen molar-refractivity contribution in [3.8, 4) is 6.07 Å². The third kappa shape index (κ3) is 2.86. The van der Waals surface area contributed by atoms with Gasteiger partial charge in [0.1, 0.15) is 0 Å². The largest absolute Gasteiger partial charge is 0.268 e. The van der Waals surface area contributed by atoms with Crippen LogP contribution in [0.15, 0.2) is 4.47 Å². The number of rotatable bonds is 4. The summed E-state index contributed by atoms with van der Waals surface area (Å²) in [6.45, 7) is 5.11. The van der Waals surface area contributed by atoms with Crippen molar-refractivity contribution >= 4 is 15.9 Å². The van der Waals surface area contributed by atoms with E-state index in [9.17, 15) is 5.26 Å². The van der Waals surface area contributed by atoms with Crippen molar-refractivity contribution in [3.05, 3.63) is 15.9 Å². The Morgan fingerprint density at radius 1 is 1.32 bits per heavy atom. The number of halogens is 1. The number of hydrogen-bond acceptors (Lipinski definition) is 2. The monoisotopic (exact) mass is 323 g/mol. The van der Waals surface area contributed by atoms with Crippen molar-refractivity contribution in [3.63, 3.8) is 0 Å². The summed E-state index contributed by atoms with van der Waals surface area (Å²) >= 11 is 3.69. The molecule has 1 aromatic heterocycles. The van der Waals surface area contributed by atoms with Gasteiger partial charge in [0.05, 0.1) is 27.3 Å². The molecule has 2 rings (SSSR count). The molecule has 1 fully saturated rings. The molecule has 0 aliphatic heterocycles. The zero-order valence-electron chi connectivity index (χ0n) is 11.9.